The number of hydrogen-bond acceptors (Lipinski definition) is 2. The van der Waals surface area contributed by atoms with Crippen LogP contribution in [-0.4, -0.2) is 21.5 Å². The zero-order valence-corrected chi connectivity index (χ0v) is 18.0. The Hall–Kier alpha value is -2.88. The molecule has 0 aliphatic carbocycles. The van der Waals surface area contributed by atoms with Crippen molar-refractivity contribution in [3.05, 3.63) is 77.1 Å². The number of carbonyl (C=O) groups is 1. The van der Waals surface area contributed by atoms with Crippen molar-refractivity contribution in [2.24, 2.45) is 0 Å². The van der Waals surface area contributed by atoms with Crippen LogP contribution in [0.4, 0.5) is 0 Å². The Kier molecular flexibility index (Phi) is 6.32. The molecule has 0 fully saturated rings. The van der Waals surface area contributed by atoms with Gasteiger partial charge >= 0.3 is 0 Å². The summed E-state index contributed by atoms with van der Waals surface area (Å²) in [5, 5.41) is 3.20. The lowest BCUT2D eigenvalue weighted by Crippen LogP contribution is -2.33. The number of hydrogen-bond donors (Lipinski definition) is 1. The molecule has 0 spiro atoms. The number of imidazole rings is 1. The first-order valence-corrected chi connectivity index (χ1v) is 11.1. The molecule has 1 N–H and O–H groups in total. The lowest BCUT2D eigenvalue weighted by atomic mass is 10.1. The zero-order valence-electron chi connectivity index (χ0n) is 18.0. The second kappa shape index (κ2) is 9.29. The predicted octanol–water partition coefficient (Wildman–Crippen LogP) is 5.34. The third-order valence-corrected chi connectivity index (χ3v) is 5.98. The highest BCUT2D eigenvalue weighted by Crippen LogP contribution is 2.27. The maximum atomic E-state index is 13.2. The van der Waals surface area contributed by atoms with Gasteiger partial charge in [-0.2, -0.15) is 0 Å². The number of nitrogens with one attached hydrogen (secondary N) is 1. The van der Waals surface area contributed by atoms with E-state index in [2.05, 4.69) is 72.3 Å². The molecule has 0 saturated heterocycles. The average molecular weight is 402 g/mol. The van der Waals surface area contributed by atoms with Gasteiger partial charge in [0.25, 0.3) is 5.91 Å². The van der Waals surface area contributed by atoms with Crippen LogP contribution in [0.3, 0.4) is 0 Å². The van der Waals surface area contributed by atoms with Crippen LogP contribution in [0.1, 0.15) is 59.9 Å². The molecule has 1 aliphatic heterocycles. The summed E-state index contributed by atoms with van der Waals surface area (Å²) in [6.07, 6.45) is 6.23. The smallest absolute Gasteiger partial charge is 0.271 e. The van der Waals surface area contributed by atoms with Gasteiger partial charge in [0, 0.05) is 18.2 Å². The summed E-state index contributed by atoms with van der Waals surface area (Å²) in [7, 11) is 0. The third kappa shape index (κ3) is 4.64. The number of aryl methyl sites for hydroxylation is 2. The van der Waals surface area contributed by atoms with Gasteiger partial charge in [-0.05, 0) is 51.5 Å². The van der Waals surface area contributed by atoms with Crippen LogP contribution < -0.4 is 5.32 Å². The molecular formula is C26H31N3O. The number of benzene rings is 2. The van der Waals surface area contributed by atoms with Gasteiger partial charge in [-0.1, -0.05) is 66.6 Å². The normalized spacial score (nSPS) is 14.6. The molecule has 2 aromatic carbocycles. The molecule has 0 bridgehead atoms. The molecule has 0 radical (unpaired) electrons. The summed E-state index contributed by atoms with van der Waals surface area (Å²) in [6.45, 7) is 5.10. The number of rotatable bonds is 6. The molecule has 1 aliphatic rings. The fourth-order valence-corrected chi connectivity index (χ4v) is 4.22. The first-order valence-electron chi connectivity index (χ1n) is 11.1. The predicted molar refractivity (Wildman–Crippen MR) is 122 cm³/mol. The Bertz CT molecular complexity index is 989. The van der Waals surface area contributed by atoms with Crippen LogP contribution in [0, 0.1) is 6.92 Å². The molecule has 3 aromatic rings. The van der Waals surface area contributed by atoms with Gasteiger partial charge in [0.1, 0.15) is 11.5 Å². The highest BCUT2D eigenvalue weighted by Gasteiger charge is 2.25. The molecule has 4 rings (SSSR count). The highest BCUT2D eigenvalue weighted by molar-refractivity contribution is 5.94. The van der Waals surface area contributed by atoms with Crippen molar-refractivity contribution in [3.63, 3.8) is 0 Å². The van der Waals surface area contributed by atoms with E-state index in [0.717, 1.165) is 55.7 Å². The minimum atomic E-state index is -0.0421. The standard InChI is InChI=1S/C26H31N3O/c1-19-12-16-22(17-13-19)25-28-24(23-11-7-4-8-18-29(23)25)26(30)27-20(2)14-15-21-9-5-3-6-10-21/h3,5-6,9-10,12-13,16-17,20H,4,7-8,11,14-15,18H2,1-2H3,(H,27,30)/t20-/m1/s1. The van der Waals surface area contributed by atoms with E-state index in [1.807, 2.05) is 6.07 Å². The number of carbonyl (C=O) groups excluding carboxylic acids is 1. The van der Waals surface area contributed by atoms with Crippen LogP contribution in [-0.2, 0) is 19.4 Å². The van der Waals surface area contributed by atoms with Crippen molar-refractivity contribution in [1.82, 2.24) is 14.9 Å². The van der Waals surface area contributed by atoms with Crippen molar-refractivity contribution in [2.75, 3.05) is 0 Å². The maximum Gasteiger partial charge on any atom is 0.271 e. The van der Waals surface area contributed by atoms with E-state index >= 15 is 0 Å². The summed E-state index contributed by atoms with van der Waals surface area (Å²) >= 11 is 0. The van der Waals surface area contributed by atoms with Gasteiger partial charge in [-0.25, -0.2) is 4.98 Å². The Labute approximate surface area is 179 Å². The van der Waals surface area contributed by atoms with Crippen LogP contribution >= 0.6 is 0 Å². The van der Waals surface area contributed by atoms with Crippen molar-refractivity contribution < 1.29 is 4.79 Å². The van der Waals surface area contributed by atoms with Gasteiger partial charge in [-0.15, -0.1) is 0 Å². The quantitative estimate of drug-likeness (QED) is 0.606. The van der Waals surface area contributed by atoms with Crippen LogP contribution in [0.25, 0.3) is 11.4 Å². The van der Waals surface area contributed by atoms with E-state index in [-0.39, 0.29) is 11.9 Å². The molecule has 1 aromatic heterocycles. The molecule has 4 heteroatoms. The summed E-state index contributed by atoms with van der Waals surface area (Å²) < 4.78 is 2.28. The second-order valence-electron chi connectivity index (χ2n) is 8.46. The van der Waals surface area contributed by atoms with Gasteiger partial charge in [0.2, 0.25) is 0 Å². The van der Waals surface area contributed by atoms with Gasteiger partial charge in [0.05, 0.1) is 5.69 Å². The van der Waals surface area contributed by atoms with E-state index in [1.54, 1.807) is 0 Å². The Morgan fingerprint density at radius 1 is 1.07 bits per heavy atom. The molecule has 2 heterocycles. The summed E-state index contributed by atoms with van der Waals surface area (Å²) in [5.74, 6) is 0.883. The average Bonchev–Trinajstić information content (AvgIpc) is 2.95. The molecular weight excluding hydrogens is 370 g/mol. The third-order valence-electron chi connectivity index (χ3n) is 5.98. The Morgan fingerprint density at radius 2 is 1.83 bits per heavy atom. The highest BCUT2D eigenvalue weighted by atomic mass is 16.2. The number of amides is 1. The number of fused-ring (bicyclic) bond motifs is 1. The minimum absolute atomic E-state index is 0.0421. The summed E-state index contributed by atoms with van der Waals surface area (Å²) in [6, 6.07) is 19.0. The lowest BCUT2D eigenvalue weighted by molar-refractivity contribution is 0.0932. The van der Waals surface area contributed by atoms with Crippen LogP contribution in [0.15, 0.2) is 54.6 Å². The monoisotopic (exact) mass is 401 g/mol. The van der Waals surface area contributed by atoms with Gasteiger partial charge in [0.15, 0.2) is 0 Å². The van der Waals surface area contributed by atoms with Gasteiger partial charge in [-0.3, -0.25) is 4.79 Å². The minimum Gasteiger partial charge on any atom is -0.348 e. The largest absolute Gasteiger partial charge is 0.348 e. The maximum absolute atomic E-state index is 13.2. The molecule has 4 nitrogen and oxygen atoms in total. The van der Waals surface area contributed by atoms with Gasteiger partial charge < -0.3 is 9.88 Å². The summed E-state index contributed by atoms with van der Waals surface area (Å²) in [5.41, 5.74) is 5.32. The number of nitrogens with zero attached hydrogens (tertiary/aromatic N) is 2. The Balaban J connectivity index is 1.53. The number of aromatic nitrogens is 2. The van der Waals surface area contributed by atoms with Crippen molar-refractivity contribution >= 4 is 5.91 Å². The fraction of sp³-hybridized carbons (Fsp3) is 0.385. The first kappa shape index (κ1) is 20.4. The molecule has 156 valence electrons. The second-order valence-corrected chi connectivity index (χ2v) is 8.46. The van der Waals surface area contributed by atoms with Crippen LogP contribution in [0.2, 0.25) is 0 Å². The molecule has 30 heavy (non-hydrogen) atoms. The lowest BCUT2D eigenvalue weighted by Gasteiger charge is -2.14. The zero-order chi connectivity index (χ0) is 20.9. The molecule has 0 unspecified atom stereocenters. The van der Waals surface area contributed by atoms with E-state index in [0.29, 0.717) is 5.69 Å². The summed E-state index contributed by atoms with van der Waals surface area (Å²) in [4.78, 5) is 18.0. The van der Waals surface area contributed by atoms with E-state index in [9.17, 15) is 4.79 Å². The fourth-order valence-electron chi connectivity index (χ4n) is 4.22. The molecule has 1 amide bonds. The van der Waals surface area contributed by atoms with Crippen molar-refractivity contribution in [3.8, 4) is 11.4 Å². The topological polar surface area (TPSA) is 46.9 Å². The Morgan fingerprint density at radius 3 is 2.60 bits per heavy atom. The van der Waals surface area contributed by atoms with Crippen molar-refractivity contribution in [2.45, 2.75) is 65.0 Å². The van der Waals surface area contributed by atoms with E-state index in [4.69, 9.17) is 4.98 Å². The van der Waals surface area contributed by atoms with E-state index < -0.39 is 0 Å². The van der Waals surface area contributed by atoms with Crippen molar-refractivity contribution in [1.29, 1.82) is 0 Å². The molecule has 0 saturated carbocycles. The SMILES string of the molecule is Cc1ccc(-c2nc(C(=O)N[C@H](C)CCc3ccccc3)c3n2CCCCC3)cc1. The van der Waals surface area contributed by atoms with Crippen LogP contribution in [0.5, 0.6) is 0 Å². The molecule has 1 atom stereocenters. The first-order chi connectivity index (χ1) is 14.6. The van der Waals surface area contributed by atoms with E-state index in [1.165, 1.54) is 17.5 Å².